The molecule has 3 aromatic carbocycles. The molecule has 5 rings (SSSR count). The number of carbonyl (C=O) groups excluding carboxylic acids is 2. The Hall–Kier alpha value is -4.96. The van der Waals surface area contributed by atoms with Crippen LogP contribution >= 0.6 is 0 Å². The highest BCUT2D eigenvalue weighted by Crippen LogP contribution is 2.44. The van der Waals surface area contributed by atoms with Crippen LogP contribution in [0.25, 0.3) is 11.1 Å². The van der Waals surface area contributed by atoms with E-state index in [9.17, 15) is 19.5 Å². The van der Waals surface area contributed by atoms with Crippen molar-refractivity contribution in [2.45, 2.75) is 24.5 Å². The van der Waals surface area contributed by atoms with Gasteiger partial charge in [0, 0.05) is 37.8 Å². The number of alkyl carbamates (subject to hydrolysis) is 1. The number of aromatic nitrogens is 2. The number of rotatable bonds is 11. The largest absolute Gasteiger partial charge is 0.480 e. The van der Waals surface area contributed by atoms with E-state index < -0.39 is 30.1 Å². The third-order valence-corrected chi connectivity index (χ3v) is 7.33. The lowest BCUT2D eigenvalue weighted by Crippen LogP contribution is -2.51. The van der Waals surface area contributed by atoms with Gasteiger partial charge < -0.3 is 20.5 Å². The zero-order chi connectivity index (χ0) is 29.6. The molecule has 0 spiro atoms. The van der Waals surface area contributed by atoms with Crippen LogP contribution < -0.4 is 10.6 Å². The fourth-order valence-corrected chi connectivity index (χ4v) is 5.36. The number of hydrogen-bond donors (Lipinski definition) is 3. The number of aryl methyl sites for hydroxylation is 1. The van der Waals surface area contributed by atoms with E-state index in [1.54, 1.807) is 20.3 Å². The quantitative estimate of drug-likeness (QED) is 0.252. The van der Waals surface area contributed by atoms with Gasteiger partial charge >= 0.3 is 12.1 Å². The van der Waals surface area contributed by atoms with E-state index in [4.69, 9.17) is 4.74 Å². The van der Waals surface area contributed by atoms with Gasteiger partial charge in [0.05, 0.1) is 6.20 Å². The average molecular weight is 568 g/mol. The first-order chi connectivity index (χ1) is 20.3. The van der Waals surface area contributed by atoms with E-state index in [1.807, 2.05) is 83.8 Å². The van der Waals surface area contributed by atoms with Crippen molar-refractivity contribution in [2.75, 3.05) is 20.2 Å². The number of ether oxygens (including phenoxy) is 1. The number of amides is 2. The van der Waals surface area contributed by atoms with Crippen molar-refractivity contribution in [2.24, 2.45) is 7.05 Å². The molecule has 0 saturated carbocycles. The molecule has 0 saturated heterocycles. The van der Waals surface area contributed by atoms with E-state index in [1.165, 1.54) is 10.9 Å². The minimum absolute atomic E-state index is 0.0562. The molecule has 0 radical (unpaired) electrons. The van der Waals surface area contributed by atoms with Gasteiger partial charge in [0.25, 0.3) is 0 Å². The van der Waals surface area contributed by atoms with Crippen molar-refractivity contribution in [1.29, 1.82) is 0 Å². The lowest BCUT2D eigenvalue weighted by molar-refractivity contribution is -0.142. The Morgan fingerprint density at radius 3 is 2.17 bits per heavy atom. The van der Waals surface area contributed by atoms with Crippen LogP contribution in [0.15, 0.2) is 91.3 Å². The first-order valence-electron chi connectivity index (χ1n) is 13.7. The molecule has 0 fully saturated rings. The third-order valence-electron chi connectivity index (χ3n) is 7.33. The summed E-state index contributed by atoms with van der Waals surface area (Å²) >= 11 is 0. The number of benzene rings is 3. The number of nitrogens with zero attached hydrogens (tertiary/aromatic N) is 3. The molecule has 1 aliphatic rings. The molecule has 0 aliphatic heterocycles. The van der Waals surface area contributed by atoms with E-state index in [-0.39, 0.29) is 19.1 Å². The number of hydrogen-bond acceptors (Lipinski definition) is 6. The Balaban J connectivity index is 1.26. The molecule has 216 valence electrons. The molecule has 0 bridgehead atoms. The molecule has 2 atom stereocenters. The monoisotopic (exact) mass is 567 g/mol. The van der Waals surface area contributed by atoms with Crippen LogP contribution in [0.4, 0.5) is 4.79 Å². The predicted molar refractivity (Wildman–Crippen MR) is 156 cm³/mol. The number of carbonyl (C=O) groups is 3. The topological polar surface area (TPSA) is 126 Å². The van der Waals surface area contributed by atoms with Crippen LogP contribution in [-0.4, -0.2) is 64.0 Å². The summed E-state index contributed by atoms with van der Waals surface area (Å²) in [5.41, 5.74) is 5.75. The van der Waals surface area contributed by atoms with Gasteiger partial charge in [-0.1, -0.05) is 78.9 Å². The predicted octanol–water partition coefficient (Wildman–Crippen LogP) is 3.70. The van der Waals surface area contributed by atoms with E-state index >= 15 is 0 Å². The molecular formula is C32H33N5O5. The fourth-order valence-electron chi connectivity index (χ4n) is 5.36. The van der Waals surface area contributed by atoms with Gasteiger partial charge in [-0.05, 0) is 34.9 Å². The van der Waals surface area contributed by atoms with Crippen LogP contribution in [0.2, 0.25) is 0 Å². The zero-order valence-electron chi connectivity index (χ0n) is 23.4. The number of nitrogens with one attached hydrogen (secondary N) is 2. The summed E-state index contributed by atoms with van der Waals surface area (Å²) in [5.74, 6) is -2.02. The van der Waals surface area contributed by atoms with Crippen molar-refractivity contribution in [3.63, 3.8) is 0 Å². The van der Waals surface area contributed by atoms with Crippen molar-refractivity contribution < 1.29 is 24.2 Å². The van der Waals surface area contributed by atoms with Crippen LogP contribution in [0, 0.1) is 0 Å². The molecule has 10 nitrogen and oxygen atoms in total. The van der Waals surface area contributed by atoms with Gasteiger partial charge in [-0.3, -0.25) is 14.4 Å². The molecule has 4 aromatic rings. The summed E-state index contributed by atoms with van der Waals surface area (Å²) in [7, 11) is 3.47. The Morgan fingerprint density at radius 2 is 1.57 bits per heavy atom. The van der Waals surface area contributed by atoms with Gasteiger partial charge in [0.2, 0.25) is 5.91 Å². The third kappa shape index (κ3) is 6.50. The van der Waals surface area contributed by atoms with Gasteiger partial charge in [0.1, 0.15) is 18.7 Å². The zero-order valence-corrected chi connectivity index (χ0v) is 23.4. The average Bonchev–Trinajstić information content (AvgIpc) is 3.55. The minimum atomic E-state index is -1.21. The summed E-state index contributed by atoms with van der Waals surface area (Å²) in [5, 5.41) is 19.2. The molecule has 1 aromatic heterocycles. The standard InChI is InChI=1S/C32H33N5O5/c1-36(17-21-10-4-3-5-11-21)19-28(31(39)40)34-30(38)29(22-16-33-37(2)18-22)35-32(41)42-20-27-25-14-8-6-12-23(25)24-13-7-9-15-26(24)27/h3-16,18,27-29H,17,19-20H2,1-2H3,(H,34,38)(H,35,41)(H,39,40). The van der Waals surface area contributed by atoms with Gasteiger partial charge in [0.15, 0.2) is 0 Å². The van der Waals surface area contributed by atoms with E-state index in [2.05, 4.69) is 15.7 Å². The number of likely N-dealkylation sites (N-methyl/N-ethyl adjacent to an activating group) is 1. The lowest BCUT2D eigenvalue weighted by Gasteiger charge is -2.24. The minimum Gasteiger partial charge on any atom is -0.480 e. The fraction of sp³-hybridized carbons (Fsp3) is 0.250. The molecule has 2 unspecified atom stereocenters. The van der Waals surface area contributed by atoms with Crippen LogP contribution in [0.1, 0.15) is 34.2 Å². The molecule has 10 heteroatoms. The molecule has 1 heterocycles. The maximum atomic E-state index is 13.4. The molecule has 1 aliphatic carbocycles. The molecule has 3 N–H and O–H groups in total. The Bertz CT molecular complexity index is 1520. The molecule has 2 amide bonds. The second-order valence-corrected chi connectivity index (χ2v) is 10.4. The van der Waals surface area contributed by atoms with E-state index in [0.717, 1.165) is 27.8 Å². The highest BCUT2D eigenvalue weighted by molar-refractivity contribution is 5.90. The van der Waals surface area contributed by atoms with E-state index in [0.29, 0.717) is 12.1 Å². The smallest absolute Gasteiger partial charge is 0.408 e. The van der Waals surface area contributed by atoms with Crippen LogP contribution in [0.3, 0.4) is 0 Å². The summed E-state index contributed by atoms with van der Waals surface area (Å²) < 4.78 is 7.15. The number of carboxylic acids is 1. The first kappa shape index (κ1) is 28.6. The Morgan fingerprint density at radius 1 is 0.952 bits per heavy atom. The van der Waals surface area contributed by atoms with Crippen LogP contribution in [0.5, 0.6) is 0 Å². The molecule has 42 heavy (non-hydrogen) atoms. The molecular weight excluding hydrogens is 534 g/mol. The number of aliphatic carboxylic acids is 1. The van der Waals surface area contributed by atoms with Gasteiger partial charge in [-0.2, -0.15) is 5.10 Å². The Kier molecular flexibility index (Phi) is 8.63. The maximum Gasteiger partial charge on any atom is 0.408 e. The lowest BCUT2D eigenvalue weighted by atomic mass is 9.98. The van der Waals surface area contributed by atoms with Crippen molar-refractivity contribution in [3.8, 4) is 11.1 Å². The van der Waals surface area contributed by atoms with Gasteiger partial charge in [-0.15, -0.1) is 0 Å². The van der Waals surface area contributed by atoms with Crippen molar-refractivity contribution in [1.82, 2.24) is 25.3 Å². The normalized spacial score (nSPS) is 13.6. The highest BCUT2D eigenvalue weighted by atomic mass is 16.5. The second kappa shape index (κ2) is 12.7. The van der Waals surface area contributed by atoms with Gasteiger partial charge in [-0.25, -0.2) is 9.59 Å². The maximum absolute atomic E-state index is 13.4. The Labute approximate surface area is 243 Å². The van der Waals surface area contributed by atoms with Crippen molar-refractivity contribution >= 4 is 18.0 Å². The SMILES string of the molecule is CN(Cc1ccccc1)CC(NC(=O)C(NC(=O)OCC1c2ccccc2-c2ccccc21)c1cnn(C)c1)C(=O)O. The summed E-state index contributed by atoms with van der Waals surface area (Å²) in [6.45, 7) is 0.633. The summed E-state index contributed by atoms with van der Waals surface area (Å²) in [6.07, 6.45) is 2.24. The van der Waals surface area contributed by atoms with Crippen LogP contribution in [-0.2, 0) is 27.9 Å². The number of fused-ring (bicyclic) bond motifs is 3. The summed E-state index contributed by atoms with van der Waals surface area (Å²) in [4.78, 5) is 40.4. The summed E-state index contributed by atoms with van der Waals surface area (Å²) in [6, 6.07) is 23.2. The second-order valence-electron chi connectivity index (χ2n) is 10.4. The highest BCUT2D eigenvalue weighted by Gasteiger charge is 2.32. The van der Waals surface area contributed by atoms with Crippen molar-refractivity contribution in [3.05, 3.63) is 114 Å². The number of carboxylic acid groups (broad SMARTS) is 1. The first-order valence-corrected chi connectivity index (χ1v) is 13.7.